The minimum atomic E-state index is -0.762. The second kappa shape index (κ2) is 6.37. The maximum absolute atomic E-state index is 12.2. The smallest absolute Gasteiger partial charge is 0.338 e. The van der Waals surface area contributed by atoms with Gasteiger partial charge in [-0.3, -0.25) is 4.79 Å². The summed E-state index contributed by atoms with van der Waals surface area (Å²) in [5.41, 5.74) is 0. The van der Waals surface area contributed by atoms with Gasteiger partial charge in [0, 0.05) is 0 Å². The first-order valence-corrected chi connectivity index (χ1v) is 8.30. The monoisotopic (exact) mass is 328 g/mol. The van der Waals surface area contributed by atoms with Gasteiger partial charge in [-0.25, -0.2) is 4.79 Å². The molecule has 3 rings (SSSR count). The lowest BCUT2D eigenvalue weighted by molar-refractivity contribution is -0.222. The molecule has 0 aliphatic carbocycles. The molecule has 3 heterocycles. The third kappa shape index (κ3) is 2.97. The molecule has 7 nitrogen and oxygen atoms in total. The number of fused-ring (bicyclic) bond motifs is 3. The van der Waals surface area contributed by atoms with E-state index in [0.717, 1.165) is 0 Å². The topological polar surface area (TPSA) is 80.3 Å². The summed E-state index contributed by atoms with van der Waals surface area (Å²) in [5.74, 6) is -1.45. The summed E-state index contributed by atoms with van der Waals surface area (Å²) in [6.45, 7) is 3.93. The lowest BCUT2D eigenvalue weighted by Gasteiger charge is -2.42. The van der Waals surface area contributed by atoms with Crippen molar-refractivity contribution in [3.63, 3.8) is 0 Å². The van der Waals surface area contributed by atoms with Gasteiger partial charge in [0.25, 0.3) is 0 Å². The summed E-state index contributed by atoms with van der Waals surface area (Å²) in [6.07, 6.45) is 0.548. The summed E-state index contributed by atoms with van der Waals surface area (Å²) in [7, 11) is 1.36. The number of ether oxygens (including phenoxy) is 5. The lowest BCUT2D eigenvalue weighted by Crippen LogP contribution is -2.58. The molecule has 0 N–H and O–H groups in total. The van der Waals surface area contributed by atoms with Crippen molar-refractivity contribution in [2.45, 2.75) is 82.3 Å². The highest BCUT2D eigenvalue weighted by Gasteiger charge is 2.59. The molecule has 3 saturated heterocycles. The van der Waals surface area contributed by atoms with Gasteiger partial charge in [-0.15, -0.1) is 0 Å². The summed E-state index contributed by atoms with van der Waals surface area (Å²) in [5, 5.41) is 0. The Balaban J connectivity index is 1.75. The van der Waals surface area contributed by atoms with E-state index in [1.165, 1.54) is 7.11 Å². The van der Waals surface area contributed by atoms with E-state index in [9.17, 15) is 9.59 Å². The van der Waals surface area contributed by atoms with E-state index in [1.54, 1.807) is 0 Å². The first-order valence-electron chi connectivity index (χ1n) is 8.30. The van der Waals surface area contributed by atoms with Crippen molar-refractivity contribution < 1.29 is 33.3 Å². The number of esters is 2. The first-order chi connectivity index (χ1) is 11.0. The largest absolute Gasteiger partial charge is 0.469 e. The average Bonchev–Trinajstić information content (AvgIpc) is 2.97. The zero-order valence-electron chi connectivity index (χ0n) is 13.8. The van der Waals surface area contributed by atoms with Crippen LogP contribution >= 0.6 is 0 Å². The van der Waals surface area contributed by atoms with Crippen LogP contribution in [-0.2, 0) is 33.3 Å². The molecular weight excluding hydrogens is 304 g/mol. The average molecular weight is 328 g/mol. The zero-order valence-corrected chi connectivity index (χ0v) is 13.8. The highest BCUT2D eigenvalue weighted by molar-refractivity contribution is 5.77. The number of carbonyl (C=O) groups is 2. The number of rotatable bonds is 4. The SMILES string of the molecule is CCC1(CC)O[C@H]2[C@H]3O[C@@H](CC(=O)OC)CC[C@@H]3OC(=O)[C@H]2O1. The quantitative estimate of drug-likeness (QED) is 0.720. The van der Waals surface area contributed by atoms with Crippen LogP contribution in [-0.4, -0.2) is 55.4 Å². The number of hydrogen-bond donors (Lipinski definition) is 0. The van der Waals surface area contributed by atoms with Gasteiger partial charge in [-0.2, -0.15) is 0 Å². The Morgan fingerprint density at radius 2 is 1.96 bits per heavy atom. The van der Waals surface area contributed by atoms with Crippen LogP contribution in [0.2, 0.25) is 0 Å². The molecule has 0 aromatic rings. The molecule has 0 unspecified atom stereocenters. The fraction of sp³-hybridized carbons (Fsp3) is 0.875. The van der Waals surface area contributed by atoms with Crippen LogP contribution in [0.15, 0.2) is 0 Å². The van der Waals surface area contributed by atoms with Crippen molar-refractivity contribution in [2.75, 3.05) is 7.11 Å². The molecule has 3 fully saturated rings. The number of carbonyl (C=O) groups excluding carboxylic acids is 2. The summed E-state index contributed by atoms with van der Waals surface area (Å²) in [4.78, 5) is 23.7. The van der Waals surface area contributed by atoms with Gasteiger partial charge in [-0.1, -0.05) is 13.8 Å². The highest BCUT2D eigenvalue weighted by Crippen LogP contribution is 2.42. The zero-order chi connectivity index (χ0) is 16.6. The van der Waals surface area contributed by atoms with Gasteiger partial charge < -0.3 is 23.7 Å². The van der Waals surface area contributed by atoms with E-state index in [0.29, 0.717) is 25.7 Å². The van der Waals surface area contributed by atoms with Crippen molar-refractivity contribution in [1.29, 1.82) is 0 Å². The van der Waals surface area contributed by atoms with E-state index in [4.69, 9.17) is 23.7 Å². The van der Waals surface area contributed by atoms with Crippen molar-refractivity contribution >= 4 is 11.9 Å². The molecule has 0 amide bonds. The van der Waals surface area contributed by atoms with Crippen LogP contribution in [0.4, 0.5) is 0 Å². The molecular formula is C16H24O7. The fourth-order valence-corrected chi connectivity index (χ4v) is 3.58. The Hall–Kier alpha value is -1.18. The molecule has 3 aliphatic rings. The maximum atomic E-state index is 12.2. The van der Waals surface area contributed by atoms with Crippen molar-refractivity contribution in [3.05, 3.63) is 0 Å². The fourth-order valence-electron chi connectivity index (χ4n) is 3.58. The van der Waals surface area contributed by atoms with Crippen molar-refractivity contribution in [2.24, 2.45) is 0 Å². The van der Waals surface area contributed by atoms with Crippen molar-refractivity contribution in [3.8, 4) is 0 Å². The van der Waals surface area contributed by atoms with E-state index >= 15 is 0 Å². The molecule has 0 aromatic heterocycles. The van der Waals surface area contributed by atoms with E-state index in [1.807, 2.05) is 13.8 Å². The molecule has 130 valence electrons. The molecule has 7 heteroatoms. The van der Waals surface area contributed by atoms with Crippen LogP contribution in [0.25, 0.3) is 0 Å². The van der Waals surface area contributed by atoms with Crippen LogP contribution in [0.1, 0.15) is 46.0 Å². The van der Waals surface area contributed by atoms with Crippen LogP contribution in [0, 0.1) is 0 Å². The Kier molecular flexibility index (Phi) is 4.62. The normalized spacial score (nSPS) is 38.4. The highest BCUT2D eigenvalue weighted by atomic mass is 16.8. The minimum Gasteiger partial charge on any atom is -0.469 e. The van der Waals surface area contributed by atoms with Gasteiger partial charge in [0.1, 0.15) is 18.3 Å². The first kappa shape index (κ1) is 16.7. The second-order valence-corrected chi connectivity index (χ2v) is 6.29. The van der Waals surface area contributed by atoms with Gasteiger partial charge >= 0.3 is 11.9 Å². The predicted molar refractivity (Wildman–Crippen MR) is 77.5 cm³/mol. The van der Waals surface area contributed by atoms with Crippen LogP contribution < -0.4 is 0 Å². The van der Waals surface area contributed by atoms with Gasteiger partial charge in [0.2, 0.25) is 0 Å². The lowest BCUT2D eigenvalue weighted by atomic mass is 9.91. The molecule has 23 heavy (non-hydrogen) atoms. The van der Waals surface area contributed by atoms with E-state index < -0.39 is 24.1 Å². The summed E-state index contributed by atoms with van der Waals surface area (Å²) in [6, 6.07) is 0. The predicted octanol–water partition coefficient (Wildman–Crippen LogP) is 1.32. The maximum Gasteiger partial charge on any atom is 0.338 e. The summed E-state index contributed by atoms with van der Waals surface area (Å²) >= 11 is 0. The van der Waals surface area contributed by atoms with E-state index in [-0.39, 0.29) is 30.6 Å². The van der Waals surface area contributed by atoms with Crippen LogP contribution in [0.5, 0.6) is 0 Å². The van der Waals surface area contributed by atoms with Crippen molar-refractivity contribution in [1.82, 2.24) is 0 Å². The van der Waals surface area contributed by atoms with Gasteiger partial charge in [0.05, 0.1) is 19.6 Å². The molecule has 0 saturated carbocycles. The molecule has 0 radical (unpaired) electrons. The summed E-state index contributed by atoms with van der Waals surface area (Å²) < 4.78 is 28.2. The van der Waals surface area contributed by atoms with Gasteiger partial charge in [0.15, 0.2) is 11.9 Å². The molecule has 0 spiro atoms. The number of methoxy groups -OCH3 is 1. The Bertz CT molecular complexity index is 473. The third-order valence-corrected chi connectivity index (χ3v) is 5.00. The molecule has 5 atom stereocenters. The Labute approximate surface area is 135 Å². The molecule has 3 aliphatic heterocycles. The van der Waals surface area contributed by atoms with Crippen LogP contribution in [0.3, 0.4) is 0 Å². The molecule has 0 bridgehead atoms. The Morgan fingerprint density at radius 1 is 1.22 bits per heavy atom. The molecule has 0 aromatic carbocycles. The Morgan fingerprint density at radius 3 is 2.61 bits per heavy atom. The van der Waals surface area contributed by atoms with Gasteiger partial charge in [-0.05, 0) is 25.7 Å². The second-order valence-electron chi connectivity index (χ2n) is 6.29. The van der Waals surface area contributed by atoms with E-state index in [2.05, 4.69) is 0 Å². The standard InChI is InChI=1S/C16H24O7/c1-4-16(5-2)22-13-12-10(21-15(18)14(13)23-16)7-6-9(20-12)8-11(17)19-3/h9-10,12-14H,4-8H2,1-3H3/t9-,10+,12+,13+,14+/m1/s1. The number of hydrogen-bond acceptors (Lipinski definition) is 7. The minimum absolute atomic E-state index is 0.193. The third-order valence-electron chi connectivity index (χ3n) is 5.00.